The van der Waals surface area contributed by atoms with Gasteiger partial charge in [-0.2, -0.15) is 11.8 Å². The molecule has 5 nitrogen and oxygen atoms in total. The molecule has 5 rings (SSSR count). The van der Waals surface area contributed by atoms with Crippen LogP contribution in [0.15, 0.2) is 42.5 Å². The molecule has 2 aromatic rings. The van der Waals surface area contributed by atoms with Gasteiger partial charge in [-0.25, -0.2) is 0 Å². The number of amides is 2. The van der Waals surface area contributed by atoms with E-state index in [1.807, 2.05) is 29.7 Å². The number of rotatable bonds is 5. The molecule has 2 heterocycles. The van der Waals surface area contributed by atoms with E-state index in [0.29, 0.717) is 5.75 Å². The monoisotopic (exact) mass is 464 g/mol. The van der Waals surface area contributed by atoms with Gasteiger partial charge in [-0.3, -0.25) is 9.59 Å². The van der Waals surface area contributed by atoms with Crippen molar-refractivity contribution in [3.63, 3.8) is 0 Å². The summed E-state index contributed by atoms with van der Waals surface area (Å²) in [6.45, 7) is 6.24. The van der Waals surface area contributed by atoms with Crippen molar-refractivity contribution in [2.24, 2.45) is 5.92 Å². The van der Waals surface area contributed by atoms with Gasteiger partial charge in [0.15, 0.2) is 6.10 Å². The second-order valence-electron chi connectivity index (χ2n) is 9.43. The minimum absolute atomic E-state index is 0.0498. The lowest BCUT2D eigenvalue weighted by Crippen LogP contribution is -2.44. The van der Waals surface area contributed by atoms with Gasteiger partial charge in [0.05, 0.1) is 6.04 Å². The lowest BCUT2D eigenvalue weighted by molar-refractivity contribution is -0.137. The van der Waals surface area contributed by atoms with E-state index in [0.717, 1.165) is 61.5 Å². The molecule has 0 unspecified atom stereocenters. The first-order valence-electron chi connectivity index (χ1n) is 12.0. The first kappa shape index (κ1) is 22.3. The standard InChI is InChI=1S/C27H32N2O3S/c1-18-4-3-5-22(16-18)25-24-17-23(32-19(2)26(30)28-12-14-33-15-13-28)9-8-20(24)10-11-29(25)27(31)21-6-7-21/h3-5,8-9,16-17,19,21,25H,6-7,10-15H2,1-2H3/t19-,25-/m0/s1. The number of ether oxygens (including phenoxy) is 1. The van der Waals surface area contributed by atoms with Gasteiger partial charge in [0.1, 0.15) is 5.75 Å². The van der Waals surface area contributed by atoms with Crippen LogP contribution in [0.4, 0.5) is 0 Å². The molecule has 6 heteroatoms. The Bertz CT molecular complexity index is 1050. The number of hydrogen-bond acceptors (Lipinski definition) is 4. The van der Waals surface area contributed by atoms with Crippen LogP contribution >= 0.6 is 11.8 Å². The summed E-state index contributed by atoms with van der Waals surface area (Å²) in [6.07, 6.45) is 2.31. The summed E-state index contributed by atoms with van der Waals surface area (Å²) < 4.78 is 6.16. The average molecular weight is 465 g/mol. The first-order valence-corrected chi connectivity index (χ1v) is 13.2. The van der Waals surface area contributed by atoms with E-state index in [4.69, 9.17) is 4.74 Å². The predicted octanol–water partition coefficient (Wildman–Crippen LogP) is 4.22. The zero-order valence-electron chi connectivity index (χ0n) is 19.5. The van der Waals surface area contributed by atoms with Crippen molar-refractivity contribution in [1.82, 2.24) is 9.80 Å². The van der Waals surface area contributed by atoms with Crippen LogP contribution in [-0.4, -0.2) is 58.9 Å². The number of carbonyl (C=O) groups is 2. The number of thioether (sulfide) groups is 1. The Labute approximate surface area is 200 Å². The van der Waals surface area contributed by atoms with E-state index < -0.39 is 6.10 Å². The molecule has 174 valence electrons. The van der Waals surface area contributed by atoms with Crippen molar-refractivity contribution in [3.05, 3.63) is 64.7 Å². The Morgan fingerprint density at radius 3 is 2.58 bits per heavy atom. The molecular weight excluding hydrogens is 432 g/mol. The smallest absolute Gasteiger partial charge is 0.263 e. The van der Waals surface area contributed by atoms with Crippen LogP contribution < -0.4 is 4.74 Å². The molecule has 0 spiro atoms. The lowest BCUT2D eigenvalue weighted by Gasteiger charge is -2.38. The van der Waals surface area contributed by atoms with Crippen LogP contribution in [0.3, 0.4) is 0 Å². The third kappa shape index (κ3) is 4.77. The van der Waals surface area contributed by atoms with Gasteiger partial charge in [-0.05, 0) is 61.9 Å². The molecular formula is C27H32N2O3S. The Kier molecular flexibility index (Phi) is 6.37. The number of benzene rings is 2. The average Bonchev–Trinajstić information content (AvgIpc) is 3.68. The highest BCUT2D eigenvalue weighted by Gasteiger charge is 2.39. The van der Waals surface area contributed by atoms with Gasteiger partial charge in [-0.1, -0.05) is 35.9 Å². The maximum Gasteiger partial charge on any atom is 0.263 e. The van der Waals surface area contributed by atoms with E-state index in [1.165, 1.54) is 11.1 Å². The largest absolute Gasteiger partial charge is 0.481 e. The molecule has 33 heavy (non-hydrogen) atoms. The minimum atomic E-state index is -0.531. The van der Waals surface area contributed by atoms with Crippen LogP contribution in [0.5, 0.6) is 5.75 Å². The summed E-state index contributed by atoms with van der Waals surface area (Å²) in [7, 11) is 0. The van der Waals surface area contributed by atoms with Crippen molar-refractivity contribution in [2.45, 2.75) is 45.3 Å². The first-order chi connectivity index (χ1) is 16.0. The van der Waals surface area contributed by atoms with E-state index in [1.54, 1.807) is 0 Å². The molecule has 2 fully saturated rings. The van der Waals surface area contributed by atoms with Gasteiger partial charge in [0.25, 0.3) is 5.91 Å². The Morgan fingerprint density at radius 1 is 1.06 bits per heavy atom. The van der Waals surface area contributed by atoms with Crippen molar-refractivity contribution in [1.29, 1.82) is 0 Å². The molecule has 0 aromatic heterocycles. The normalized spacial score (nSPS) is 21.3. The molecule has 1 saturated heterocycles. The van der Waals surface area contributed by atoms with Gasteiger partial charge in [-0.15, -0.1) is 0 Å². The summed E-state index contributed by atoms with van der Waals surface area (Å²) in [4.78, 5) is 30.1. The van der Waals surface area contributed by atoms with Crippen molar-refractivity contribution in [3.8, 4) is 5.75 Å². The fourth-order valence-corrected chi connectivity index (χ4v) is 5.87. The van der Waals surface area contributed by atoms with E-state index >= 15 is 0 Å². The van der Waals surface area contributed by atoms with Crippen LogP contribution in [-0.2, 0) is 16.0 Å². The number of carbonyl (C=O) groups excluding carboxylic acids is 2. The molecule has 1 aliphatic carbocycles. The van der Waals surface area contributed by atoms with Gasteiger partial charge < -0.3 is 14.5 Å². The second-order valence-corrected chi connectivity index (χ2v) is 10.7. The number of nitrogens with zero attached hydrogens (tertiary/aromatic N) is 2. The van der Waals surface area contributed by atoms with Crippen molar-refractivity contribution >= 4 is 23.6 Å². The number of aryl methyl sites for hydroxylation is 1. The van der Waals surface area contributed by atoms with Gasteiger partial charge in [0.2, 0.25) is 5.91 Å². The fraction of sp³-hybridized carbons (Fsp3) is 0.481. The SMILES string of the molecule is Cc1cccc([C@H]2c3cc(O[C@@H](C)C(=O)N4CCSCC4)ccc3CCN2C(=O)C2CC2)c1. The Morgan fingerprint density at radius 2 is 1.85 bits per heavy atom. The topological polar surface area (TPSA) is 49.9 Å². The van der Waals surface area contributed by atoms with E-state index in [-0.39, 0.29) is 23.8 Å². The molecule has 2 atom stereocenters. The molecule has 0 radical (unpaired) electrons. The summed E-state index contributed by atoms with van der Waals surface area (Å²) in [6, 6.07) is 14.5. The zero-order valence-corrected chi connectivity index (χ0v) is 20.3. The van der Waals surface area contributed by atoms with E-state index in [9.17, 15) is 9.59 Å². The van der Waals surface area contributed by atoms with Crippen molar-refractivity contribution in [2.75, 3.05) is 31.1 Å². The Balaban J connectivity index is 1.44. The molecule has 2 amide bonds. The molecule has 0 N–H and O–H groups in total. The summed E-state index contributed by atoms with van der Waals surface area (Å²) >= 11 is 1.89. The lowest BCUT2D eigenvalue weighted by atomic mass is 9.87. The Hall–Kier alpha value is -2.47. The van der Waals surface area contributed by atoms with E-state index in [2.05, 4.69) is 48.2 Å². The fourth-order valence-electron chi connectivity index (χ4n) is 4.96. The summed E-state index contributed by atoms with van der Waals surface area (Å²) in [5, 5.41) is 0. The maximum absolute atomic E-state index is 13.2. The third-order valence-electron chi connectivity index (χ3n) is 6.90. The number of fused-ring (bicyclic) bond motifs is 1. The number of hydrogen-bond donors (Lipinski definition) is 0. The van der Waals surface area contributed by atoms with Gasteiger partial charge in [0, 0.05) is 37.1 Å². The highest BCUT2D eigenvalue weighted by molar-refractivity contribution is 7.99. The minimum Gasteiger partial charge on any atom is -0.481 e. The van der Waals surface area contributed by atoms with Crippen LogP contribution in [0.2, 0.25) is 0 Å². The highest BCUT2D eigenvalue weighted by atomic mass is 32.2. The molecule has 1 saturated carbocycles. The summed E-state index contributed by atoms with van der Waals surface area (Å²) in [5.74, 6) is 3.16. The van der Waals surface area contributed by atoms with Crippen LogP contribution in [0.1, 0.15) is 48.1 Å². The van der Waals surface area contributed by atoms with Crippen LogP contribution in [0.25, 0.3) is 0 Å². The maximum atomic E-state index is 13.2. The quantitative estimate of drug-likeness (QED) is 0.665. The molecule has 2 aromatic carbocycles. The summed E-state index contributed by atoms with van der Waals surface area (Å²) in [5.41, 5.74) is 4.69. The molecule has 2 aliphatic heterocycles. The third-order valence-corrected chi connectivity index (χ3v) is 7.84. The van der Waals surface area contributed by atoms with Crippen LogP contribution in [0, 0.1) is 12.8 Å². The predicted molar refractivity (Wildman–Crippen MR) is 132 cm³/mol. The zero-order chi connectivity index (χ0) is 22.9. The van der Waals surface area contributed by atoms with Gasteiger partial charge >= 0.3 is 0 Å². The second kappa shape index (κ2) is 9.41. The molecule has 0 bridgehead atoms. The highest BCUT2D eigenvalue weighted by Crippen LogP contribution is 2.41. The molecule has 3 aliphatic rings. The van der Waals surface area contributed by atoms with Crippen molar-refractivity contribution < 1.29 is 14.3 Å².